The van der Waals surface area contributed by atoms with E-state index in [0.29, 0.717) is 0 Å². The predicted octanol–water partition coefficient (Wildman–Crippen LogP) is 5.17. The summed E-state index contributed by atoms with van der Waals surface area (Å²) in [5.41, 5.74) is 5.07. The Hall–Kier alpha value is -2.78. The number of aliphatic hydroxyl groups is 1. The second-order valence-electron chi connectivity index (χ2n) is 7.55. The van der Waals surface area contributed by atoms with Crippen LogP contribution < -0.4 is 9.64 Å². The van der Waals surface area contributed by atoms with Crippen LogP contribution in [0.25, 0.3) is 0 Å². The molecule has 152 valence electrons. The van der Waals surface area contributed by atoms with Crippen molar-refractivity contribution in [3.63, 3.8) is 0 Å². The van der Waals surface area contributed by atoms with Crippen molar-refractivity contribution in [2.75, 3.05) is 26.1 Å². The molecule has 29 heavy (non-hydrogen) atoms. The molecule has 0 bridgehead atoms. The van der Waals surface area contributed by atoms with E-state index in [1.54, 1.807) is 7.11 Å². The Bertz CT molecular complexity index is 923. The summed E-state index contributed by atoms with van der Waals surface area (Å²) in [5.74, 6) is 0.774. The lowest BCUT2D eigenvalue weighted by Crippen LogP contribution is -2.29. The fourth-order valence-electron chi connectivity index (χ4n) is 4.09. The van der Waals surface area contributed by atoms with Crippen LogP contribution >= 0.6 is 0 Å². The fourth-order valence-corrected chi connectivity index (χ4v) is 4.09. The molecule has 1 atom stereocenters. The predicted molar refractivity (Wildman–Crippen MR) is 121 cm³/mol. The average Bonchev–Trinajstić information content (AvgIpc) is 2.77. The molecule has 0 saturated heterocycles. The number of anilines is 1. The number of methoxy groups -OCH3 is 1. The minimum Gasteiger partial charge on any atom is -0.497 e. The SMILES string of the molecule is CCc1cc(C(O)(c2ccccc2)c2ccc(OC)cc2)cc(CC)c1N(C)C. The van der Waals surface area contributed by atoms with Gasteiger partial charge in [-0.25, -0.2) is 0 Å². The highest BCUT2D eigenvalue weighted by Gasteiger charge is 2.35. The van der Waals surface area contributed by atoms with Crippen LogP contribution in [0.15, 0.2) is 66.7 Å². The van der Waals surface area contributed by atoms with E-state index < -0.39 is 5.60 Å². The summed E-state index contributed by atoms with van der Waals surface area (Å²) in [7, 11) is 5.82. The van der Waals surface area contributed by atoms with Gasteiger partial charge in [-0.15, -0.1) is 0 Å². The first kappa shape index (κ1) is 20.9. The molecule has 3 nitrogen and oxygen atoms in total. The van der Waals surface area contributed by atoms with Gasteiger partial charge in [-0.05, 0) is 52.8 Å². The Morgan fingerprint density at radius 3 is 1.76 bits per heavy atom. The molecule has 0 saturated carbocycles. The van der Waals surface area contributed by atoms with E-state index in [1.165, 1.54) is 16.8 Å². The van der Waals surface area contributed by atoms with Gasteiger partial charge in [0.1, 0.15) is 11.4 Å². The number of aryl methyl sites for hydroxylation is 2. The van der Waals surface area contributed by atoms with Gasteiger partial charge in [-0.3, -0.25) is 0 Å². The van der Waals surface area contributed by atoms with Gasteiger partial charge in [0.15, 0.2) is 0 Å². The molecule has 0 aromatic heterocycles. The van der Waals surface area contributed by atoms with E-state index in [1.807, 2.05) is 54.6 Å². The molecule has 0 spiro atoms. The number of rotatable bonds is 7. The molecule has 0 aliphatic heterocycles. The van der Waals surface area contributed by atoms with E-state index in [2.05, 4.69) is 45.0 Å². The van der Waals surface area contributed by atoms with Crippen LogP contribution in [0.1, 0.15) is 41.7 Å². The van der Waals surface area contributed by atoms with Crippen molar-refractivity contribution < 1.29 is 9.84 Å². The first-order valence-electron chi connectivity index (χ1n) is 10.2. The van der Waals surface area contributed by atoms with Gasteiger partial charge < -0.3 is 14.7 Å². The monoisotopic (exact) mass is 389 g/mol. The third-order valence-corrected chi connectivity index (χ3v) is 5.59. The molecule has 0 fully saturated rings. The van der Waals surface area contributed by atoms with E-state index in [4.69, 9.17) is 4.74 Å². The van der Waals surface area contributed by atoms with Gasteiger partial charge >= 0.3 is 0 Å². The van der Waals surface area contributed by atoms with Crippen LogP contribution in [0.5, 0.6) is 5.75 Å². The zero-order chi connectivity index (χ0) is 21.0. The van der Waals surface area contributed by atoms with Crippen molar-refractivity contribution in [1.29, 1.82) is 0 Å². The molecule has 3 aromatic rings. The highest BCUT2D eigenvalue weighted by Crippen LogP contribution is 2.40. The van der Waals surface area contributed by atoms with Gasteiger partial charge in [0.05, 0.1) is 7.11 Å². The maximum absolute atomic E-state index is 12.2. The Labute approximate surface area is 174 Å². The summed E-state index contributed by atoms with van der Waals surface area (Å²) < 4.78 is 5.32. The summed E-state index contributed by atoms with van der Waals surface area (Å²) >= 11 is 0. The van der Waals surface area contributed by atoms with E-state index >= 15 is 0 Å². The Morgan fingerprint density at radius 1 is 0.793 bits per heavy atom. The van der Waals surface area contributed by atoms with Crippen molar-refractivity contribution >= 4 is 5.69 Å². The van der Waals surface area contributed by atoms with Crippen molar-refractivity contribution in [1.82, 2.24) is 0 Å². The van der Waals surface area contributed by atoms with Gasteiger partial charge in [-0.2, -0.15) is 0 Å². The van der Waals surface area contributed by atoms with E-state index in [0.717, 1.165) is 35.3 Å². The zero-order valence-corrected chi connectivity index (χ0v) is 18.1. The fraction of sp³-hybridized carbons (Fsp3) is 0.308. The maximum atomic E-state index is 12.2. The minimum atomic E-state index is -1.24. The third kappa shape index (κ3) is 3.88. The number of nitrogens with zero attached hydrogens (tertiary/aromatic N) is 1. The van der Waals surface area contributed by atoms with E-state index in [9.17, 15) is 5.11 Å². The molecule has 0 radical (unpaired) electrons. The van der Waals surface area contributed by atoms with Gasteiger partial charge in [0, 0.05) is 19.8 Å². The first-order chi connectivity index (χ1) is 13.9. The van der Waals surface area contributed by atoms with Gasteiger partial charge in [-0.1, -0.05) is 68.4 Å². The van der Waals surface area contributed by atoms with Crippen molar-refractivity contribution in [3.05, 3.63) is 94.5 Å². The molecule has 1 N–H and O–H groups in total. The van der Waals surface area contributed by atoms with Crippen LogP contribution in [0.3, 0.4) is 0 Å². The molecule has 0 amide bonds. The van der Waals surface area contributed by atoms with Crippen molar-refractivity contribution in [2.24, 2.45) is 0 Å². The normalized spacial score (nSPS) is 13.0. The summed E-state index contributed by atoms with van der Waals surface area (Å²) in [6.07, 6.45) is 1.81. The lowest BCUT2D eigenvalue weighted by molar-refractivity contribution is 0.125. The Balaban J connectivity index is 2.29. The standard InChI is InChI=1S/C26H31NO2/c1-6-19-17-23(18-20(7-2)25(19)27(3)4)26(28,21-11-9-8-10-12-21)22-13-15-24(29-5)16-14-22/h8-18,28H,6-7H2,1-5H3. The largest absolute Gasteiger partial charge is 0.497 e. The van der Waals surface area contributed by atoms with E-state index in [-0.39, 0.29) is 0 Å². The summed E-state index contributed by atoms with van der Waals surface area (Å²) in [5, 5.41) is 12.2. The average molecular weight is 390 g/mol. The summed E-state index contributed by atoms with van der Waals surface area (Å²) in [6, 6.07) is 21.9. The lowest BCUT2D eigenvalue weighted by Gasteiger charge is -2.32. The molecule has 3 aromatic carbocycles. The molecule has 3 heteroatoms. The van der Waals surface area contributed by atoms with Gasteiger partial charge in [0.2, 0.25) is 0 Å². The highest BCUT2D eigenvalue weighted by molar-refractivity contribution is 5.63. The number of hydrogen-bond acceptors (Lipinski definition) is 3. The molecular weight excluding hydrogens is 358 g/mol. The van der Waals surface area contributed by atoms with Crippen LogP contribution in [0.2, 0.25) is 0 Å². The minimum absolute atomic E-state index is 0.774. The van der Waals surface area contributed by atoms with Gasteiger partial charge in [0.25, 0.3) is 0 Å². The second kappa shape index (κ2) is 8.71. The topological polar surface area (TPSA) is 32.7 Å². The summed E-state index contributed by atoms with van der Waals surface area (Å²) in [6.45, 7) is 4.33. The van der Waals surface area contributed by atoms with Crippen LogP contribution in [-0.2, 0) is 18.4 Å². The smallest absolute Gasteiger partial charge is 0.140 e. The van der Waals surface area contributed by atoms with Crippen molar-refractivity contribution in [2.45, 2.75) is 32.3 Å². The molecule has 1 unspecified atom stereocenters. The number of ether oxygens (including phenoxy) is 1. The van der Waals surface area contributed by atoms with Crippen LogP contribution in [0.4, 0.5) is 5.69 Å². The maximum Gasteiger partial charge on any atom is 0.140 e. The highest BCUT2D eigenvalue weighted by atomic mass is 16.5. The molecule has 0 aliphatic carbocycles. The number of benzene rings is 3. The molecule has 0 heterocycles. The molecule has 0 aliphatic rings. The summed E-state index contributed by atoms with van der Waals surface area (Å²) in [4.78, 5) is 2.18. The zero-order valence-electron chi connectivity index (χ0n) is 18.1. The Kier molecular flexibility index (Phi) is 6.29. The number of hydrogen-bond donors (Lipinski definition) is 1. The molecular formula is C26H31NO2. The van der Waals surface area contributed by atoms with Crippen LogP contribution in [-0.4, -0.2) is 26.3 Å². The van der Waals surface area contributed by atoms with Crippen LogP contribution in [0, 0.1) is 0 Å². The third-order valence-electron chi connectivity index (χ3n) is 5.59. The lowest BCUT2D eigenvalue weighted by atomic mass is 9.78. The quantitative estimate of drug-likeness (QED) is 0.566. The Morgan fingerprint density at radius 2 is 1.31 bits per heavy atom. The van der Waals surface area contributed by atoms with Crippen molar-refractivity contribution in [3.8, 4) is 5.75 Å². The first-order valence-corrected chi connectivity index (χ1v) is 10.2. The molecule has 3 rings (SSSR count). The second-order valence-corrected chi connectivity index (χ2v) is 7.55.